The van der Waals surface area contributed by atoms with Gasteiger partial charge >= 0.3 is 5.97 Å². The third-order valence-corrected chi connectivity index (χ3v) is 3.10. The molecule has 3 heteroatoms. The summed E-state index contributed by atoms with van der Waals surface area (Å²) in [5.41, 5.74) is 0.999. The van der Waals surface area contributed by atoms with E-state index in [-0.39, 0.29) is 11.4 Å². The van der Waals surface area contributed by atoms with Crippen LogP contribution in [0, 0.1) is 0 Å². The van der Waals surface area contributed by atoms with Crippen molar-refractivity contribution in [2.24, 2.45) is 0 Å². The van der Waals surface area contributed by atoms with Gasteiger partial charge in [-0.2, -0.15) is 0 Å². The number of cyclic esters (lactones) is 1. The van der Waals surface area contributed by atoms with Gasteiger partial charge in [-0.25, -0.2) is 0 Å². The molecule has 0 bridgehead atoms. The molecule has 14 heavy (non-hydrogen) atoms. The monoisotopic (exact) mass is 254 g/mol. The quantitative estimate of drug-likeness (QED) is 0.721. The standard InChI is InChI=1S/C11H11BrO2/c1-11(6-10(13)14-7-11)8-3-2-4-9(12)5-8/h2-5H,6-7H2,1H3. The minimum Gasteiger partial charge on any atom is -0.465 e. The van der Waals surface area contributed by atoms with E-state index in [1.807, 2.05) is 24.3 Å². The average molecular weight is 255 g/mol. The minimum atomic E-state index is -0.152. The summed E-state index contributed by atoms with van der Waals surface area (Å²) in [6.45, 7) is 2.54. The Morgan fingerprint density at radius 1 is 1.50 bits per heavy atom. The zero-order valence-corrected chi connectivity index (χ0v) is 9.50. The van der Waals surface area contributed by atoms with Gasteiger partial charge < -0.3 is 4.74 Å². The van der Waals surface area contributed by atoms with E-state index < -0.39 is 0 Å². The van der Waals surface area contributed by atoms with E-state index in [9.17, 15) is 4.79 Å². The van der Waals surface area contributed by atoms with Crippen LogP contribution in [0.1, 0.15) is 18.9 Å². The normalized spacial score (nSPS) is 26.3. The molecule has 1 aliphatic rings. The van der Waals surface area contributed by atoms with Crippen LogP contribution in [0.2, 0.25) is 0 Å². The lowest BCUT2D eigenvalue weighted by molar-refractivity contribution is -0.137. The van der Waals surface area contributed by atoms with Gasteiger partial charge in [0.25, 0.3) is 0 Å². The maximum atomic E-state index is 11.1. The summed E-state index contributed by atoms with van der Waals surface area (Å²) in [5.74, 6) is -0.104. The number of rotatable bonds is 1. The lowest BCUT2D eigenvalue weighted by atomic mass is 9.82. The second-order valence-corrected chi connectivity index (χ2v) is 4.82. The molecule has 0 spiro atoms. The first-order valence-corrected chi connectivity index (χ1v) is 5.31. The van der Waals surface area contributed by atoms with E-state index in [0.29, 0.717) is 13.0 Å². The molecule has 2 nitrogen and oxygen atoms in total. The Morgan fingerprint density at radius 3 is 2.86 bits per heavy atom. The highest BCUT2D eigenvalue weighted by atomic mass is 79.9. The van der Waals surface area contributed by atoms with Gasteiger partial charge in [0.1, 0.15) is 6.61 Å². The van der Waals surface area contributed by atoms with Crippen LogP contribution in [-0.4, -0.2) is 12.6 Å². The number of carbonyl (C=O) groups is 1. The summed E-state index contributed by atoms with van der Waals surface area (Å²) in [6.07, 6.45) is 0.476. The number of hydrogen-bond acceptors (Lipinski definition) is 2. The first-order valence-electron chi connectivity index (χ1n) is 4.52. The summed E-state index contributed by atoms with van der Waals surface area (Å²) in [6, 6.07) is 8.03. The smallest absolute Gasteiger partial charge is 0.306 e. The molecule has 0 aromatic heterocycles. The second kappa shape index (κ2) is 3.39. The molecule has 0 amide bonds. The molecular weight excluding hydrogens is 244 g/mol. The fourth-order valence-electron chi connectivity index (χ4n) is 1.71. The predicted octanol–water partition coefficient (Wildman–Crippen LogP) is 2.65. The van der Waals surface area contributed by atoms with Crippen molar-refractivity contribution in [1.29, 1.82) is 0 Å². The maximum Gasteiger partial charge on any atom is 0.306 e. The summed E-state index contributed by atoms with van der Waals surface area (Å²) in [5, 5.41) is 0. The third-order valence-electron chi connectivity index (χ3n) is 2.61. The van der Waals surface area contributed by atoms with Gasteiger partial charge in [-0.05, 0) is 17.7 Å². The number of esters is 1. The average Bonchev–Trinajstić information content (AvgIpc) is 2.48. The van der Waals surface area contributed by atoms with Crippen molar-refractivity contribution in [2.75, 3.05) is 6.61 Å². The van der Waals surface area contributed by atoms with Gasteiger partial charge in [-0.15, -0.1) is 0 Å². The van der Waals surface area contributed by atoms with Crippen molar-refractivity contribution in [1.82, 2.24) is 0 Å². The van der Waals surface area contributed by atoms with Crippen molar-refractivity contribution in [3.63, 3.8) is 0 Å². The lowest BCUT2D eigenvalue weighted by Crippen LogP contribution is -2.21. The van der Waals surface area contributed by atoms with Crippen molar-refractivity contribution in [3.8, 4) is 0 Å². The van der Waals surface area contributed by atoms with E-state index in [4.69, 9.17) is 4.74 Å². The zero-order chi connectivity index (χ0) is 10.2. The highest BCUT2D eigenvalue weighted by Gasteiger charge is 2.37. The first kappa shape index (κ1) is 9.71. The Bertz CT molecular complexity index is 375. The van der Waals surface area contributed by atoms with E-state index in [2.05, 4.69) is 22.9 Å². The van der Waals surface area contributed by atoms with Gasteiger partial charge in [-0.1, -0.05) is 35.0 Å². The number of halogens is 1. The van der Waals surface area contributed by atoms with Crippen LogP contribution in [-0.2, 0) is 14.9 Å². The van der Waals surface area contributed by atoms with Gasteiger partial charge in [0, 0.05) is 9.89 Å². The van der Waals surface area contributed by atoms with Gasteiger partial charge in [0.2, 0.25) is 0 Å². The highest BCUT2D eigenvalue weighted by Crippen LogP contribution is 2.34. The van der Waals surface area contributed by atoms with Crippen LogP contribution in [0.3, 0.4) is 0 Å². The predicted molar refractivity (Wildman–Crippen MR) is 57.1 cm³/mol. The van der Waals surface area contributed by atoms with E-state index in [1.165, 1.54) is 0 Å². The van der Waals surface area contributed by atoms with E-state index in [0.717, 1.165) is 10.0 Å². The Balaban J connectivity index is 2.34. The molecule has 1 aliphatic heterocycles. The summed E-state index contributed by atoms with van der Waals surface area (Å²) in [4.78, 5) is 11.1. The lowest BCUT2D eigenvalue weighted by Gasteiger charge is -2.20. The minimum absolute atomic E-state index is 0.104. The van der Waals surface area contributed by atoms with E-state index >= 15 is 0 Å². The summed E-state index contributed by atoms with van der Waals surface area (Å²) in [7, 11) is 0. The van der Waals surface area contributed by atoms with Crippen LogP contribution in [0.5, 0.6) is 0 Å². The van der Waals surface area contributed by atoms with E-state index in [1.54, 1.807) is 0 Å². The van der Waals surface area contributed by atoms with Crippen LogP contribution >= 0.6 is 15.9 Å². The Hall–Kier alpha value is -0.830. The van der Waals surface area contributed by atoms with Crippen molar-refractivity contribution >= 4 is 21.9 Å². The number of ether oxygens (including phenoxy) is 1. The molecule has 1 fully saturated rings. The number of hydrogen-bond donors (Lipinski definition) is 0. The second-order valence-electron chi connectivity index (χ2n) is 3.91. The molecule has 0 saturated carbocycles. The highest BCUT2D eigenvalue weighted by molar-refractivity contribution is 9.10. The molecule has 0 aliphatic carbocycles. The molecule has 1 unspecified atom stereocenters. The largest absolute Gasteiger partial charge is 0.465 e. The molecule has 0 N–H and O–H groups in total. The number of benzene rings is 1. The summed E-state index contributed by atoms with van der Waals surface area (Å²) >= 11 is 3.42. The summed E-state index contributed by atoms with van der Waals surface area (Å²) < 4.78 is 6.05. The van der Waals surface area contributed by atoms with Crippen LogP contribution in [0.15, 0.2) is 28.7 Å². The molecular formula is C11H11BrO2. The maximum absolute atomic E-state index is 11.1. The first-order chi connectivity index (χ1) is 6.60. The van der Waals surface area contributed by atoms with Gasteiger partial charge in [-0.3, -0.25) is 4.79 Å². The number of carbonyl (C=O) groups excluding carboxylic acids is 1. The zero-order valence-electron chi connectivity index (χ0n) is 7.92. The molecule has 1 atom stereocenters. The van der Waals surface area contributed by atoms with Crippen molar-refractivity contribution < 1.29 is 9.53 Å². The Labute approximate surface area is 91.4 Å². The molecule has 1 heterocycles. The third kappa shape index (κ3) is 1.69. The van der Waals surface area contributed by atoms with Crippen LogP contribution in [0.4, 0.5) is 0 Å². The molecule has 2 rings (SSSR count). The topological polar surface area (TPSA) is 26.3 Å². The van der Waals surface area contributed by atoms with Crippen LogP contribution in [0.25, 0.3) is 0 Å². The fourth-order valence-corrected chi connectivity index (χ4v) is 2.11. The van der Waals surface area contributed by atoms with Gasteiger partial charge in [0.15, 0.2) is 0 Å². The van der Waals surface area contributed by atoms with Crippen LogP contribution < -0.4 is 0 Å². The van der Waals surface area contributed by atoms with Crippen molar-refractivity contribution in [3.05, 3.63) is 34.3 Å². The molecule has 74 valence electrons. The molecule has 1 saturated heterocycles. The molecule has 0 radical (unpaired) electrons. The Morgan fingerprint density at radius 2 is 2.29 bits per heavy atom. The molecule has 1 aromatic carbocycles. The van der Waals surface area contributed by atoms with Crippen molar-refractivity contribution in [2.45, 2.75) is 18.8 Å². The van der Waals surface area contributed by atoms with Gasteiger partial charge in [0.05, 0.1) is 6.42 Å². The fraction of sp³-hybridized carbons (Fsp3) is 0.364. The molecule has 1 aromatic rings. The Kier molecular flexibility index (Phi) is 2.35. The SMILES string of the molecule is CC1(c2cccc(Br)c2)COC(=O)C1.